The van der Waals surface area contributed by atoms with Gasteiger partial charge in [-0.3, -0.25) is 4.79 Å². The van der Waals surface area contributed by atoms with Crippen molar-refractivity contribution in [3.05, 3.63) is 29.3 Å². The third-order valence-corrected chi connectivity index (χ3v) is 4.92. The molecule has 0 bridgehead atoms. The van der Waals surface area contributed by atoms with Crippen LogP contribution in [0.5, 0.6) is 0 Å². The fraction of sp³-hybridized carbons (Fsp3) is 0.579. The maximum Gasteiger partial charge on any atom is 0.228 e. The first kappa shape index (κ1) is 24.3. The largest absolute Gasteiger partial charge is 0.339 e. The van der Waals surface area contributed by atoms with Crippen LogP contribution in [0.2, 0.25) is 0 Å². The normalized spacial score (nSPS) is 12.4. The van der Waals surface area contributed by atoms with Gasteiger partial charge in [0.15, 0.2) is 5.11 Å². The molecule has 8 heteroatoms. The zero-order chi connectivity index (χ0) is 20.4. The Hall–Kier alpha value is -0.750. The molecule has 0 radical (unpaired) electrons. The Kier molecular flexibility index (Phi) is 10.7. The number of amides is 1. The molecule has 0 aliphatic carbocycles. The van der Waals surface area contributed by atoms with Crippen LogP contribution >= 0.6 is 47.0 Å². The highest BCUT2D eigenvalue weighted by Gasteiger charge is 2.34. The second-order valence-corrected chi connectivity index (χ2v) is 9.40. The third kappa shape index (κ3) is 9.84. The molecule has 0 aliphatic rings. The number of unbranched alkanes of at least 4 members (excludes halogenated alkanes) is 4. The summed E-state index contributed by atoms with van der Waals surface area (Å²) in [5, 5.41) is 8.93. The molecule has 1 aromatic rings. The van der Waals surface area contributed by atoms with Gasteiger partial charge in [0.1, 0.15) is 6.17 Å². The quantitative estimate of drug-likeness (QED) is 0.193. The molecule has 0 aliphatic heterocycles. The molecule has 1 rings (SSSR count). The van der Waals surface area contributed by atoms with E-state index in [-0.39, 0.29) is 11.0 Å². The first-order valence-corrected chi connectivity index (χ1v) is 10.7. The van der Waals surface area contributed by atoms with E-state index in [2.05, 4.69) is 22.9 Å². The van der Waals surface area contributed by atoms with E-state index >= 15 is 0 Å². The first-order valence-electron chi connectivity index (χ1n) is 9.14. The molecule has 3 N–H and O–H groups in total. The molecule has 1 unspecified atom stereocenters. The molecule has 0 saturated heterocycles. The number of halogens is 3. The summed E-state index contributed by atoms with van der Waals surface area (Å²) in [6.07, 6.45) is 4.74. The number of alkyl halides is 3. The number of benzene rings is 1. The van der Waals surface area contributed by atoms with Gasteiger partial charge in [0.2, 0.25) is 9.70 Å². The molecule has 0 spiro atoms. The predicted octanol–water partition coefficient (Wildman–Crippen LogP) is 5.76. The van der Waals surface area contributed by atoms with Gasteiger partial charge < -0.3 is 16.0 Å². The number of nitrogens with one attached hydrogen (secondary N) is 3. The third-order valence-electron chi connectivity index (χ3n) is 4.05. The Balaban J connectivity index is 2.58. The standard InChI is InChI=1S/C19H28Cl3N3OS/c1-4-5-6-7-8-9-16(26)24-17(19(20,21)22)25-18(27)23-15-11-10-13(2)12-14(15)3/h10-12,17H,4-9H2,1-3H3,(H,24,26)(H2,23,25,27). The summed E-state index contributed by atoms with van der Waals surface area (Å²) in [5.41, 5.74) is 3.05. The highest BCUT2D eigenvalue weighted by molar-refractivity contribution is 7.80. The van der Waals surface area contributed by atoms with Crippen molar-refractivity contribution in [2.24, 2.45) is 0 Å². The summed E-state index contributed by atoms with van der Waals surface area (Å²) in [7, 11) is 0. The number of hydrogen-bond donors (Lipinski definition) is 3. The van der Waals surface area contributed by atoms with Crippen molar-refractivity contribution in [3.63, 3.8) is 0 Å². The number of hydrogen-bond acceptors (Lipinski definition) is 2. The smallest absolute Gasteiger partial charge is 0.228 e. The van der Waals surface area contributed by atoms with E-state index < -0.39 is 9.96 Å². The van der Waals surface area contributed by atoms with E-state index in [1.165, 1.54) is 6.42 Å². The molecular formula is C19H28Cl3N3OS. The van der Waals surface area contributed by atoms with Gasteiger partial charge >= 0.3 is 0 Å². The second-order valence-electron chi connectivity index (χ2n) is 6.62. The van der Waals surface area contributed by atoms with Gasteiger partial charge in [-0.2, -0.15) is 0 Å². The maximum atomic E-state index is 12.2. The Morgan fingerprint density at radius 3 is 2.37 bits per heavy atom. The zero-order valence-electron chi connectivity index (χ0n) is 16.0. The topological polar surface area (TPSA) is 53.2 Å². The number of rotatable bonds is 9. The Bertz CT molecular complexity index is 635. The van der Waals surface area contributed by atoms with Crippen LogP contribution in [0.3, 0.4) is 0 Å². The van der Waals surface area contributed by atoms with E-state index in [1.807, 2.05) is 32.0 Å². The highest BCUT2D eigenvalue weighted by atomic mass is 35.6. The van der Waals surface area contributed by atoms with Crippen LogP contribution in [0.4, 0.5) is 5.69 Å². The van der Waals surface area contributed by atoms with Crippen molar-refractivity contribution in [1.82, 2.24) is 10.6 Å². The molecular weight excluding hydrogens is 425 g/mol. The minimum atomic E-state index is -1.74. The lowest BCUT2D eigenvalue weighted by Crippen LogP contribution is -2.56. The Morgan fingerprint density at radius 2 is 1.78 bits per heavy atom. The molecule has 4 nitrogen and oxygen atoms in total. The molecule has 1 aromatic carbocycles. The van der Waals surface area contributed by atoms with Gasteiger partial charge in [0.25, 0.3) is 0 Å². The average molecular weight is 453 g/mol. The lowest BCUT2D eigenvalue weighted by Gasteiger charge is -2.28. The number of anilines is 1. The van der Waals surface area contributed by atoms with Gasteiger partial charge in [-0.25, -0.2) is 0 Å². The molecule has 1 atom stereocenters. The van der Waals surface area contributed by atoms with Crippen LogP contribution in [0, 0.1) is 13.8 Å². The van der Waals surface area contributed by atoms with E-state index in [0.717, 1.165) is 42.5 Å². The molecule has 0 fully saturated rings. The lowest BCUT2D eigenvalue weighted by atomic mass is 10.1. The van der Waals surface area contributed by atoms with Crippen LogP contribution in [-0.4, -0.2) is 21.0 Å². The van der Waals surface area contributed by atoms with Gasteiger partial charge in [-0.15, -0.1) is 0 Å². The van der Waals surface area contributed by atoms with Gasteiger partial charge in [0, 0.05) is 12.1 Å². The minimum Gasteiger partial charge on any atom is -0.339 e. The fourth-order valence-corrected chi connectivity index (χ4v) is 3.12. The van der Waals surface area contributed by atoms with E-state index in [0.29, 0.717) is 6.42 Å². The molecule has 152 valence electrons. The van der Waals surface area contributed by atoms with Crippen molar-refractivity contribution in [2.45, 2.75) is 69.3 Å². The predicted molar refractivity (Wildman–Crippen MR) is 121 cm³/mol. The van der Waals surface area contributed by atoms with Gasteiger partial charge in [-0.05, 0) is 44.1 Å². The van der Waals surface area contributed by atoms with Crippen LogP contribution < -0.4 is 16.0 Å². The average Bonchev–Trinajstić information content (AvgIpc) is 2.56. The summed E-state index contributed by atoms with van der Waals surface area (Å²) in [4.78, 5) is 12.2. The fourth-order valence-electron chi connectivity index (χ4n) is 2.57. The number of carbonyl (C=O) groups is 1. The van der Waals surface area contributed by atoms with Crippen LogP contribution in [0.1, 0.15) is 56.6 Å². The van der Waals surface area contributed by atoms with Crippen molar-refractivity contribution < 1.29 is 4.79 Å². The summed E-state index contributed by atoms with van der Waals surface area (Å²) in [5.74, 6) is -0.176. The van der Waals surface area contributed by atoms with Crippen molar-refractivity contribution in [2.75, 3.05) is 5.32 Å². The Morgan fingerprint density at radius 1 is 1.11 bits per heavy atom. The lowest BCUT2D eigenvalue weighted by molar-refractivity contribution is -0.122. The van der Waals surface area contributed by atoms with E-state index in [1.54, 1.807) is 0 Å². The van der Waals surface area contributed by atoms with Crippen LogP contribution in [-0.2, 0) is 4.79 Å². The zero-order valence-corrected chi connectivity index (χ0v) is 19.1. The van der Waals surface area contributed by atoms with Crippen LogP contribution in [0.15, 0.2) is 18.2 Å². The van der Waals surface area contributed by atoms with Crippen molar-refractivity contribution >= 4 is 63.7 Å². The summed E-state index contributed by atoms with van der Waals surface area (Å²) in [6.45, 7) is 6.15. The molecule has 0 aromatic heterocycles. The number of aryl methyl sites for hydroxylation is 2. The maximum absolute atomic E-state index is 12.2. The molecule has 0 heterocycles. The second kappa shape index (κ2) is 11.9. The first-order chi connectivity index (χ1) is 12.6. The number of carbonyl (C=O) groups excluding carboxylic acids is 1. The molecule has 1 amide bonds. The van der Waals surface area contributed by atoms with Gasteiger partial charge in [-0.1, -0.05) is 85.1 Å². The van der Waals surface area contributed by atoms with Gasteiger partial charge in [0.05, 0.1) is 0 Å². The van der Waals surface area contributed by atoms with E-state index in [4.69, 9.17) is 47.0 Å². The Labute approximate surface area is 182 Å². The summed E-state index contributed by atoms with van der Waals surface area (Å²) < 4.78 is -1.74. The monoisotopic (exact) mass is 451 g/mol. The minimum absolute atomic E-state index is 0.176. The SMILES string of the molecule is CCCCCCCC(=O)NC(NC(=S)Nc1ccc(C)cc1C)C(Cl)(Cl)Cl. The van der Waals surface area contributed by atoms with Crippen molar-refractivity contribution in [1.29, 1.82) is 0 Å². The summed E-state index contributed by atoms with van der Waals surface area (Å²) >= 11 is 23.3. The molecule has 27 heavy (non-hydrogen) atoms. The van der Waals surface area contributed by atoms with Crippen LogP contribution in [0.25, 0.3) is 0 Å². The summed E-state index contributed by atoms with van der Waals surface area (Å²) in [6, 6.07) is 5.94. The van der Waals surface area contributed by atoms with Crippen molar-refractivity contribution in [3.8, 4) is 0 Å². The molecule has 0 saturated carbocycles. The van der Waals surface area contributed by atoms with E-state index in [9.17, 15) is 4.79 Å². The highest BCUT2D eigenvalue weighted by Crippen LogP contribution is 2.29. The number of thiocarbonyl (C=S) groups is 1.